The molecule has 74 valence electrons. The van der Waals surface area contributed by atoms with E-state index < -0.39 is 0 Å². The third-order valence-corrected chi connectivity index (χ3v) is 2.59. The summed E-state index contributed by atoms with van der Waals surface area (Å²) in [5.74, 6) is 0. The van der Waals surface area contributed by atoms with Crippen molar-refractivity contribution in [2.24, 2.45) is 10.7 Å². The normalized spacial score (nSPS) is 26.2. The Kier molecular flexibility index (Phi) is 3.48. The second kappa shape index (κ2) is 4.42. The summed E-state index contributed by atoms with van der Waals surface area (Å²) in [4.78, 5) is 6.67. The molecule has 0 bridgehead atoms. The average Bonchev–Trinajstić information content (AvgIpc) is 2.16. The standard InChI is InChI=1S/C10H19N3/c1-8(2)13-5-4-9(6-11)10(7-13)12-3/h6,8H,4-5,7,11H2,1-3H3/b9-6-,12-10?. The number of nitrogens with zero attached hydrogens (tertiary/aromatic N) is 2. The van der Waals surface area contributed by atoms with Gasteiger partial charge in [-0.2, -0.15) is 0 Å². The van der Waals surface area contributed by atoms with Gasteiger partial charge in [0.25, 0.3) is 0 Å². The Hall–Kier alpha value is -0.830. The molecule has 0 unspecified atom stereocenters. The van der Waals surface area contributed by atoms with Crippen molar-refractivity contribution in [2.45, 2.75) is 26.3 Å². The summed E-state index contributed by atoms with van der Waals surface area (Å²) < 4.78 is 0. The number of hydrogen-bond acceptors (Lipinski definition) is 3. The molecule has 3 nitrogen and oxygen atoms in total. The molecule has 0 aliphatic carbocycles. The third kappa shape index (κ3) is 2.31. The van der Waals surface area contributed by atoms with Gasteiger partial charge in [0.05, 0.1) is 5.71 Å². The molecule has 13 heavy (non-hydrogen) atoms. The summed E-state index contributed by atoms with van der Waals surface area (Å²) in [5.41, 5.74) is 7.88. The zero-order chi connectivity index (χ0) is 9.84. The molecule has 0 atom stereocenters. The van der Waals surface area contributed by atoms with Crippen LogP contribution in [0, 0.1) is 0 Å². The maximum Gasteiger partial charge on any atom is 0.0532 e. The largest absolute Gasteiger partial charge is 0.404 e. The molecule has 0 spiro atoms. The summed E-state index contributed by atoms with van der Waals surface area (Å²) in [6.45, 7) is 6.46. The highest BCUT2D eigenvalue weighted by Crippen LogP contribution is 2.15. The van der Waals surface area contributed by atoms with Crippen LogP contribution in [0.5, 0.6) is 0 Å². The van der Waals surface area contributed by atoms with Crippen molar-refractivity contribution in [1.82, 2.24) is 4.90 Å². The molecule has 0 aromatic carbocycles. The first-order chi connectivity index (χ1) is 6.19. The third-order valence-electron chi connectivity index (χ3n) is 2.59. The molecule has 3 heteroatoms. The van der Waals surface area contributed by atoms with Crippen molar-refractivity contribution in [3.63, 3.8) is 0 Å². The van der Waals surface area contributed by atoms with Crippen LogP contribution in [0.2, 0.25) is 0 Å². The van der Waals surface area contributed by atoms with E-state index in [1.807, 2.05) is 7.05 Å². The Labute approximate surface area is 80.3 Å². The number of piperidine rings is 1. The van der Waals surface area contributed by atoms with Crippen molar-refractivity contribution >= 4 is 5.71 Å². The van der Waals surface area contributed by atoms with Crippen LogP contribution in [0.3, 0.4) is 0 Å². The summed E-state index contributed by atoms with van der Waals surface area (Å²) >= 11 is 0. The second-order valence-electron chi connectivity index (χ2n) is 3.68. The van der Waals surface area contributed by atoms with Crippen LogP contribution in [-0.2, 0) is 0 Å². The molecule has 1 rings (SSSR count). The number of nitrogens with two attached hydrogens (primary N) is 1. The monoisotopic (exact) mass is 181 g/mol. The molecular weight excluding hydrogens is 162 g/mol. The Morgan fingerprint density at radius 3 is 2.69 bits per heavy atom. The Balaban J connectivity index is 2.69. The van der Waals surface area contributed by atoms with Crippen LogP contribution in [0.1, 0.15) is 20.3 Å². The van der Waals surface area contributed by atoms with Crippen LogP contribution in [0.25, 0.3) is 0 Å². The molecule has 0 amide bonds. The molecular formula is C10H19N3. The minimum atomic E-state index is 0.594. The van der Waals surface area contributed by atoms with Gasteiger partial charge in [0, 0.05) is 26.2 Å². The average molecular weight is 181 g/mol. The first kappa shape index (κ1) is 10.3. The van der Waals surface area contributed by atoms with Gasteiger partial charge in [-0.05, 0) is 32.0 Å². The lowest BCUT2D eigenvalue weighted by atomic mass is 10.0. The number of hydrogen-bond donors (Lipinski definition) is 1. The molecule has 1 aliphatic heterocycles. The summed E-state index contributed by atoms with van der Waals surface area (Å²) in [5, 5.41) is 0. The topological polar surface area (TPSA) is 41.6 Å². The molecule has 0 saturated carbocycles. The Morgan fingerprint density at radius 2 is 2.23 bits per heavy atom. The summed E-state index contributed by atoms with van der Waals surface area (Å²) in [7, 11) is 1.84. The van der Waals surface area contributed by atoms with E-state index in [2.05, 4.69) is 23.7 Å². The zero-order valence-electron chi connectivity index (χ0n) is 8.75. The fraction of sp³-hybridized carbons (Fsp3) is 0.700. The lowest BCUT2D eigenvalue weighted by Gasteiger charge is -2.32. The maximum absolute atomic E-state index is 5.53. The van der Waals surface area contributed by atoms with Gasteiger partial charge in [0.2, 0.25) is 0 Å². The quantitative estimate of drug-likeness (QED) is 0.656. The van der Waals surface area contributed by atoms with Gasteiger partial charge in [0.15, 0.2) is 0 Å². The fourth-order valence-corrected chi connectivity index (χ4v) is 1.62. The van der Waals surface area contributed by atoms with Crippen LogP contribution in [0.15, 0.2) is 16.8 Å². The molecule has 1 saturated heterocycles. The second-order valence-corrected chi connectivity index (χ2v) is 3.68. The van der Waals surface area contributed by atoms with E-state index in [9.17, 15) is 0 Å². The Morgan fingerprint density at radius 1 is 1.54 bits per heavy atom. The van der Waals surface area contributed by atoms with Gasteiger partial charge < -0.3 is 5.73 Å². The first-order valence-corrected chi connectivity index (χ1v) is 4.80. The predicted octanol–water partition coefficient (Wildman–Crippen LogP) is 1.01. The van der Waals surface area contributed by atoms with Crippen LogP contribution in [0.4, 0.5) is 0 Å². The SMILES string of the molecule is CN=C1CN(C(C)C)CC/C1=C/N. The van der Waals surface area contributed by atoms with E-state index in [1.54, 1.807) is 6.20 Å². The molecule has 1 fully saturated rings. The highest BCUT2D eigenvalue weighted by atomic mass is 15.2. The maximum atomic E-state index is 5.53. The van der Waals surface area contributed by atoms with E-state index in [1.165, 1.54) is 5.57 Å². The molecule has 0 aromatic rings. The molecule has 1 aliphatic rings. The van der Waals surface area contributed by atoms with Gasteiger partial charge in [0.1, 0.15) is 0 Å². The van der Waals surface area contributed by atoms with Crippen molar-refractivity contribution < 1.29 is 0 Å². The van der Waals surface area contributed by atoms with E-state index in [0.717, 1.165) is 25.2 Å². The van der Waals surface area contributed by atoms with Gasteiger partial charge in [-0.3, -0.25) is 9.89 Å². The molecule has 0 radical (unpaired) electrons. The van der Waals surface area contributed by atoms with Crippen molar-refractivity contribution in [3.8, 4) is 0 Å². The Bertz CT molecular complexity index is 228. The number of aliphatic imine (C=N–C) groups is 1. The van der Waals surface area contributed by atoms with E-state index in [4.69, 9.17) is 5.73 Å². The minimum absolute atomic E-state index is 0.594. The van der Waals surface area contributed by atoms with Gasteiger partial charge in [-0.1, -0.05) is 0 Å². The lowest BCUT2D eigenvalue weighted by Crippen LogP contribution is -2.41. The van der Waals surface area contributed by atoms with Crippen LogP contribution in [-0.4, -0.2) is 36.8 Å². The predicted molar refractivity (Wildman–Crippen MR) is 57.0 cm³/mol. The molecule has 0 aromatic heterocycles. The van der Waals surface area contributed by atoms with Crippen LogP contribution >= 0.6 is 0 Å². The van der Waals surface area contributed by atoms with Crippen molar-refractivity contribution in [1.29, 1.82) is 0 Å². The smallest absolute Gasteiger partial charge is 0.0532 e. The first-order valence-electron chi connectivity index (χ1n) is 4.80. The molecule has 2 N–H and O–H groups in total. The van der Waals surface area contributed by atoms with Gasteiger partial charge >= 0.3 is 0 Å². The van der Waals surface area contributed by atoms with E-state index in [-0.39, 0.29) is 0 Å². The van der Waals surface area contributed by atoms with Crippen molar-refractivity contribution in [3.05, 3.63) is 11.8 Å². The van der Waals surface area contributed by atoms with Crippen molar-refractivity contribution in [2.75, 3.05) is 20.1 Å². The molecule has 1 heterocycles. The minimum Gasteiger partial charge on any atom is -0.404 e. The van der Waals surface area contributed by atoms with Gasteiger partial charge in [-0.15, -0.1) is 0 Å². The fourth-order valence-electron chi connectivity index (χ4n) is 1.62. The lowest BCUT2D eigenvalue weighted by molar-refractivity contribution is 0.248. The van der Waals surface area contributed by atoms with Crippen LogP contribution < -0.4 is 5.73 Å². The summed E-state index contributed by atoms with van der Waals surface area (Å²) in [6.07, 6.45) is 2.72. The van der Waals surface area contributed by atoms with E-state index in [0.29, 0.717) is 6.04 Å². The number of likely N-dealkylation sites (tertiary alicyclic amines) is 1. The number of rotatable bonds is 1. The summed E-state index contributed by atoms with van der Waals surface area (Å²) in [6, 6.07) is 0.594. The van der Waals surface area contributed by atoms with E-state index >= 15 is 0 Å². The highest BCUT2D eigenvalue weighted by molar-refractivity contribution is 6.02. The van der Waals surface area contributed by atoms with Gasteiger partial charge in [-0.25, -0.2) is 0 Å². The highest BCUT2D eigenvalue weighted by Gasteiger charge is 2.20. The zero-order valence-corrected chi connectivity index (χ0v) is 8.75.